The van der Waals surface area contributed by atoms with E-state index in [1.54, 1.807) is 17.2 Å². The largest absolute Gasteiger partial charge is 0.339 e. The second-order valence-corrected chi connectivity index (χ2v) is 7.54. The van der Waals surface area contributed by atoms with E-state index in [1.165, 1.54) is 24.7 Å². The SMILES string of the molecule is O=C(c1ccnc(F)c1)N1CCC2(CC1)CCN(C(=O)c1cnccn1)CC2. The fourth-order valence-corrected chi connectivity index (χ4v) is 4.16. The van der Waals surface area contributed by atoms with Crippen molar-refractivity contribution in [3.8, 4) is 0 Å². The van der Waals surface area contributed by atoms with Crippen molar-refractivity contribution in [3.05, 3.63) is 54.1 Å². The lowest BCUT2D eigenvalue weighted by atomic mass is 9.71. The summed E-state index contributed by atoms with van der Waals surface area (Å²) in [6.07, 6.45) is 9.54. The topological polar surface area (TPSA) is 79.3 Å². The summed E-state index contributed by atoms with van der Waals surface area (Å²) in [5.41, 5.74) is 0.885. The van der Waals surface area contributed by atoms with Gasteiger partial charge in [0.1, 0.15) is 5.69 Å². The van der Waals surface area contributed by atoms with E-state index in [4.69, 9.17) is 0 Å². The van der Waals surface area contributed by atoms with E-state index in [-0.39, 0.29) is 17.2 Å². The van der Waals surface area contributed by atoms with Crippen LogP contribution in [0.25, 0.3) is 0 Å². The smallest absolute Gasteiger partial charge is 0.274 e. The number of rotatable bonds is 2. The highest BCUT2D eigenvalue weighted by molar-refractivity contribution is 5.94. The zero-order valence-corrected chi connectivity index (χ0v) is 15.6. The average Bonchev–Trinajstić information content (AvgIpc) is 2.74. The van der Waals surface area contributed by atoms with Gasteiger partial charge in [-0.1, -0.05) is 0 Å². The molecule has 0 bridgehead atoms. The molecule has 2 aromatic rings. The molecule has 146 valence electrons. The number of hydrogen-bond donors (Lipinski definition) is 0. The molecule has 4 rings (SSSR count). The molecule has 2 fully saturated rings. The van der Waals surface area contributed by atoms with Crippen molar-refractivity contribution in [1.82, 2.24) is 24.8 Å². The molecule has 0 unspecified atom stereocenters. The first-order valence-corrected chi connectivity index (χ1v) is 9.52. The molecule has 0 N–H and O–H groups in total. The van der Waals surface area contributed by atoms with Crippen LogP contribution in [0.5, 0.6) is 0 Å². The maximum absolute atomic E-state index is 13.3. The number of amides is 2. The zero-order chi connectivity index (χ0) is 19.6. The first-order valence-electron chi connectivity index (χ1n) is 9.52. The molecule has 1 spiro atoms. The van der Waals surface area contributed by atoms with E-state index in [0.29, 0.717) is 37.4 Å². The summed E-state index contributed by atoms with van der Waals surface area (Å²) in [7, 11) is 0. The molecule has 2 saturated heterocycles. The van der Waals surface area contributed by atoms with Crippen molar-refractivity contribution < 1.29 is 14.0 Å². The Morgan fingerprint density at radius 3 is 2.11 bits per heavy atom. The fourth-order valence-electron chi connectivity index (χ4n) is 4.16. The Hall–Kier alpha value is -2.90. The molecule has 0 radical (unpaired) electrons. The molecule has 0 atom stereocenters. The third kappa shape index (κ3) is 3.72. The van der Waals surface area contributed by atoms with Gasteiger partial charge in [0.25, 0.3) is 11.8 Å². The van der Waals surface area contributed by atoms with Gasteiger partial charge >= 0.3 is 0 Å². The third-order valence-corrected chi connectivity index (χ3v) is 5.98. The van der Waals surface area contributed by atoms with Crippen molar-refractivity contribution >= 4 is 11.8 Å². The van der Waals surface area contributed by atoms with Gasteiger partial charge in [0.2, 0.25) is 5.95 Å². The van der Waals surface area contributed by atoms with Crippen molar-refractivity contribution in [1.29, 1.82) is 0 Å². The maximum atomic E-state index is 13.3. The third-order valence-electron chi connectivity index (χ3n) is 5.98. The Morgan fingerprint density at radius 1 is 0.893 bits per heavy atom. The molecular weight excluding hydrogens is 361 g/mol. The Balaban J connectivity index is 1.33. The molecule has 2 amide bonds. The predicted molar refractivity (Wildman–Crippen MR) is 98.9 cm³/mol. The molecule has 7 nitrogen and oxygen atoms in total. The highest BCUT2D eigenvalue weighted by atomic mass is 19.1. The minimum absolute atomic E-state index is 0.0738. The minimum Gasteiger partial charge on any atom is -0.339 e. The summed E-state index contributed by atoms with van der Waals surface area (Å²) >= 11 is 0. The maximum Gasteiger partial charge on any atom is 0.274 e. The number of carbonyl (C=O) groups is 2. The number of hydrogen-bond acceptors (Lipinski definition) is 5. The summed E-state index contributed by atoms with van der Waals surface area (Å²) in [4.78, 5) is 40.3. The quantitative estimate of drug-likeness (QED) is 0.743. The lowest BCUT2D eigenvalue weighted by Crippen LogP contribution is -2.49. The number of piperidine rings is 2. The number of carbonyl (C=O) groups excluding carboxylic acids is 2. The molecule has 0 aromatic carbocycles. The lowest BCUT2D eigenvalue weighted by Gasteiger charge is -2.46. The van der Waals surface area contributed by atoms with E-state index < -0.39 is 5.95 Å². The van der Waals surface area contributed by atoms with Crippen LogP contribution in [-0.2, 0) is 0 Å². The molecule has 2 aliphatic heterocycles. The molecule has 0 saturated carbocycles. The van der Waals surface area contributed by atoms with E-state index in [2.05, 4.69) is 15.0 Å². The Bertz CT molecular complexity index is 858. The van der Waals surface area contributed by atoms with Gasteiger partial charge in [-0.3, -0.25) is 14.6 Å². The van der Waals surface area contributed by atoms with Crippen molar-refractivity contribution in [2.24, 2.45) is 5.41 Å². The van der Waals surface area contributed by atoms with Crippen molar-refractivity contribution in [3.63, 3.8) is 0 Å². The summed E-state index contributed by atoms with van der Waals surface area (Å²) in [6, 6.07) is 2.73. The number of halogens is 1. The van der Waals surface area contributed by atoms with E-state index in [9.17, 15) is 14.0 Å². The molecule has 2 aromatic heterocycles. The molecule has 0 aliphatic carbocycles. The number of likely N-dealkylation sites (tertiary alicyclic amines) is 2. The highest BCUT2D eigenvalue weighted by Crippen LogP contribution is 2.41. The van der Waals surface area contributed by atoms with Crippen LogP contribution < -0.4 is 0 Å². The molecule has 2 aliphatic rings. The van der Waals surface area contributed by atoms with Crippen LogP contribution in [0.15, 0.2) is 36.9 Å². The summed E-state index contributed by atoms with van der Waals surface area (Å²) in [6.45, 7) is 2.69. The molecule has 4 heterocycles. The molecule has 28 heavy (non-hydrogen) atoms. The number of nitrogens with zero attached hydrogens (tertiary/aromatic N) is 5. The summed E-state index contributed by atoms with van der Waals surface area (Å²) in [5.74, 6) is -0.860. The van der Waals surface area contributed by atoms with Crippen LogP contribution in [0.2, 0.25) is 0 Å². The van der Waals surface area contributed by atoms with Crippen molar-refractivity contribution in [2.75, 3.05) is 26.2 Å². The monoisotopic (exact) mass is 383 g/mol. The van der Waals surface area contributed by atoms with Gasteiger partial charge in [-0.2, -0.15) is 4.39 Å². The average molecular weight is 383 g/mol. The van der Waals surface area contributed by atoms with Crippen LogP contribution >= 0.6 is 0 Å². The Labute approximate surface area is 162 Å². The van der Waals surface area contributed by atoms with Crippen LogP contribution in [-0.4, -0.2) is 62.7 Å². The normalized spacial score (nSPS) is 18.9. The Morgan fingerprint density at radius 2 is 1.54 bits per heavy atom. The second kappa shape index (κ2) is 7.61. The van der Waals surface area contributed by atoms with Crippen molar-refractivity contribution in [2.45, 2.75) is 25.7 Å². The van der Waals surface area contributed by atoms with Gasteiger partial charge in [-0.15, -0.1) is 0 Å². The minimum atomic E-state index is -0.639. The van der Waals surface area contributed by atoms with Gasteiger partial charge < -0.3 is 9.80 Å². The molecular formula is C20H22FN5O2. The zero-order valence-electron chi connectivity index (χ0n) is 15.6. The number of pyridine rings is 1. The van der Waals surface area contributed by atoms with Gasteiger partial charge in [-0.05, 0) is 37.2 Å². The first kappa shape index (κ1) is 18.5. The van der Waals surface area contributed by atoms with Gasteiger partial charge in [0.05, 0.1) is 6.20 Å². The Kier molecular flexibility index (Phi) is 5.02. The van der Waals surface area contributed by atoms with Crippen LogP contribution in [0.3, 0.4) is 0 Å². The van der Waals surface area contributed by atoms with E-state index >= 15 is 0 Å². The van der Waals surface area contributed by atoms with E-state index in [1.807, 2.05) is 4.90 Å². The van der Waals surface area contributed by atoms with E-state index in [0.717, 1.165) is 25.7 Å². The highest BCUT2D eigenvalue weighted by Gasteiger charge is 2.39. The van der Waals surface area contributed by atoms with Crippen LogP contribution in [0.1, 0.15) is 46.5 Å². The molecule has 8 heteroatoms. The van der Waals surface area contributed by atoms with Gasteiger partial charge in [0, 0.05) is 56.4 Å². The standard InChI is InChI=1S/C20H22FN5O2/c21-17-13-15(1-6-24-17)18(27)25-9-2-20(3-10-25)4-11-26(12-5-20)19(28)16-14-22-7-8-23-16/h1,6-8,13-14H,2-5,9-12H2. The van der Waals surface area contributed by atoms with Gasteiger partial charge in [-0.25, -0.2) is 9.97 Å². The first-order chi connectivity index (χ1) is 13.6. The fraction of sp³-hybridized carbons (Fsp3) is 0.450. The predicted octanol–water partition coefficient (Wildman–Crippen LogP) is 2.17. The summed E-state index contributed by atoms with van der Waals surface area (Å²) < 4.78 is 13.3. The number of aromatic nitrogens is 3. The summed E-state index contributed by atoms with van der Waals surface area (Å²) in [5, 5.41) is 0. The lowest BCUT2D eigenvalue weighted by molar-refractivity contribution is 0.0278. The second-order valence-electron chi connectivity index (χ2n) is 7.54. The van der Waals surface area contributed by atoms with Gasteiger partial charge in [0.15, 0.2) is 0 Å². The van der Waals surface area contributed by atoms with Crippen LogP contribution in [0.4, 0.5) is 4.39 Å². The van der Waals surface area contributed by atoms with Crippen LogP contribution in [0, 0.1) is 11.4 Å².